The molecule has 152 valence electrons. The molecule has 30 heavy (non-hydrogen) atoms. The molecular weight excluding hydrogens is 376 g/mol. The van der Waals surface area contributed by atoms with Crippen LogP contribution in [0.15, 0.2) is 54.7 Å². The number of cyclic esters (lactones) is 1. The second kappa shape index (κ2) is 7.85. The quantitative estimate of drug-likeness (QED) is 0.711. The van der Waals surface area contributed by atoms with E-state index in [1.807, 2.05) is 48.5 Å². The van der Waals surface area contributed by atoms with Crippen molar-refractivity contribution in [3.05, 3.63) is 65.9 Å². The Kier molecular flexibility index (Phi) is 4.89. The molecule has 2 aliphatic rings. The number of amides is 1. The molecule has 2 aromatic carbocycles. The molecule has 1 amide bonds. The first kappa shape index (κ1) is 18.7. The number of benzene rings is 2. The molecule has 2 saturated heterocycles. The molecule has 1 N–H and O–H groups in total. The monoisotopic (exact) mass is 400 g/mol. The van der Waals surface area contributed by atoms with Gasteiger partial charge in [-0.3, -0.25) is 9.80 Å². The van der Waals surface area contributed by atoms with Gasteiger partial charge in [0.2, 0.25) is 0 Å². The number of hydrogen-bond acceptors (Lipinski definition) is 4. The van der Waals surface area contributed by atoms with E-state index in [1.165, 1.54) is 5.56 Å². The zero-order valence-electron chi connectivity index (χ0n) is 16.8. The largest absolute Gasteiger partial charge is 0.443 e. The van der Waals surface area contributed by atoms with Gasteiger partial charge in [0.25, 0.3) is 0 Å². The first-order valence-corrected chi connectivity index (χ1v) is 10.5. The summed E-state index contributed by atoms with van der Waals surface area (Å²) < 4.78 is 5.62. The maximum atomic E-state index is 12.3. The number of nitrogens with zero attached hydrogens (tertiary/aromatic N) is 3. The molecule has 0 saturated carbocycles. The van der Waals surface area contributed by atoms with Crippen LogP contribution in [0.1, 0.15) is 29.9 Å². The standard InChI is InChI=1S/C24H24N4O2/c25-13-17-6-7-23-21(12-17)22(14-26-23)18-8-10-27(11-9-18)15-20-16-28(24(29)30-20)19-4-2-1-3-5-19/h1-7,12,14,18,20,26H,8-11,15-16H2. The minimum atomic E-state index is -0.256. The summed E-state index contributed by atoms with van der Waals surface area (Å²) in [5, 5.41) is 10.4. The fourth-order valence-corrected chi connectivity index (χ4v) is 4.70. The van der Waals surface area contributed by atoms with Crippen LogP contribution in [-0.4, -0.2) is 48.3 Å². The molecule has 1 aromatic heterocycles. The van der Waals surface area contributed by atoms with Crippen LogP contribution in [-0.2, 0) is 4.74 Å². The Morgan fingerprint density at radius 2 is 1.93 bits per heavy atom. The van der Waals surface area contributed by atoms with Gasteiger partial charge in [-0.1, -0.05) is 18.2 Å². The molecule has 6 nitrogen and oxygen atoms in total. The maximum Gasteiger partial charge on any atom is 0.414 e. The fraction of sp³-hybridized carbons (Fsp3) is 0.333. The van der Waals surface area contributed by atoms with Crippen molar-refractivity contribution in [2.24, 2.45) is 0 Å². The zero-order valence-corrected chi connectivity index (χ0v) is 16.8. The van der Waals surface area contributed by atoms with Crippen molar-refractivity contribution in [3.8, 4) is 6.07 Å². The maximum absolute atomic E-state index is 12.3. The zero-order chi connectivity index (χ0) is 20.5. The Morgan fingerprint density at radius 1 is 1.13 bits per heavy atom. The van der Waals surface area contributed by atoms with Crippen molar-refractivity contribution in [2.75, 3.05) is 31.1 Å². The van der Waals surface area contributed by atoms with Gasteiger partial charge in [-0.15, -0.1) is 0 Å². The predicted octanol–water partition coefficient (Wildman–Crippen LogP) is 4.24. The molecule has 5 rings (SSSR count). The topological polar surface area (TPSA) is 72.4 Å². The number of carbonyl (C=O) groups excluding carboxylic acids is 1. The minimum absolute atomic E-state index is 0.0967. The number of aromatic nitrogens is 1. The summed E-state index contributed by atoms with van der Waals surface area (Å²) in [4.78, 5) is 19.7. The number of para-hydroxylation sites is 1. The average Bonchev–Trinajstić information content (AvgIpc) is 3.37. The number of carbonyl (C=O) groups is 1. The van der Waals surface area contributed by atoms with E-state index >= 15 is 0 Å². The first-order chi connectivity index (χ1) is 14.7. The summed E-state index contributed by atoms with van der Waals surface area (Å²) in [5.74, 6) is 0.482. The molecule has 2 aliphatic heterocycles. The lowest BCUT2D eigenvalue weighted by Gasteiger charge is -2.32. The lowest BCUT2D eigenvalue weighted by atomic mass is 9.89. The predicted molar refractivity (Wildman–Crippen MR) is 115 cm³/mol. The van der Waals surface area contributed by atoms with Crippen molar-refractivity contribution in [2.45, 2.75) is 24.9 Å². The van der Waals surface area contributed by atoms with Crippen molar-refractivity contribution in [1.29, 1.82) is 5.26 Å². The highest BCUT2D eigenvalue weighted by molar-refractivity contribution is 5.89. The van der Waals surface area contributed by atoms with Gasteiger partial charge in [0.15, 0.2) is 0 Å². The second-order valence-electron chi connectivity index (χ2n) is 8.14. The Labute approximate surface area is 175 Å². The third-order valence-electron chi connectivity index (χ3n) is 6.27. The van der Waals surface area contributed by atoms with Crippen LogP contribution >= 0.6 is 0 Å². The van der Waals surface area contributed by atoms with E-state index in [9.17, 15) is 10.1 Å². The number of hydrogen-bond donors (Lipinski definition) is 1. The van der Waals surface area contributed by atoms with E-state index in [2.05, 4.69) is 22.1 Å². The number of nitrogens with one attached hydrogen (secondary N) is 1. The molecule has 6 heteroatoms. The van der Waals surface area contributed by atoms with Crippen LogP contribution in [0.25, 0.3) is 10.9 Å². The molecule has 1 unspecified atom stereocenters. The summed E-state index contributed by atoms with van der Waals surface area (Å²) in [5.41, 5.74) is 3.99. The number of ether oxygens (including phenoxy) is 1. The third-order valence-corrected chi connectivity index (χ3v) is 6.27. The van der Waals surface area contributed by atoms with E-state index < -0.39 is 0 Å². The lowest BCUT2D eigenvalue weighted by Crippen LogP contribution is -2.39. The van der Waals surface area contributed by atoms with Crippen molar-refractivity contribution in [1.82, 2.24) is 9.88 Å². The summed E-state index contributed by atoms with van der Waals surface area (Å²) >= 11 is 0. The van der Waals surface area contributed by atoms with Crippen LogP contribution < -0.4 is 4.90 Å². The van der Waals surface area contributed by atoms with Crippen LogP contribution in [0.5, 0.6) is 0 Å². The number of fused-ring (bicyclic) bond motifs is 1. The molecule has 0 radical (unpaired) electrons. The molecular formula is C24H24N4O2. The number of nitriles is 1. The van der Waals surface area contributed by atoms with E-state index in [0.717, 1.165) is 49.1 Å². The SMILES string of the molecule is N#Cc1ccc2[nH]cc(C3CCN(CC4CN(c5ccccc5)C(=O)O4)CC3)c2c1. The molecule has 0 spiro atoms. The van der Waals surface area contributed by atoms with Gasteiger partial charge in [-0.05, 0) is 67.7 Å². The summed E-state index contributed by atoms with van der Waals surface area (Å²) in [7, 11) is 0. The molecule has 3 heterocycles. The normalized spacial score (nSPS) is 20.4. The summed E-state index contributed by atoms with van der Waals surface area (Å²) in [6.07, 6.45) is 3.87. The molecule has 1 atom stereocenters. The molecule has 2 fully saturated rings. The van der Waals surface area contributed by atoms with Crippen LogP contribution in [0, 0.1) is 11.3 Å². The van der Waals surface area contributed by atoms with Gasteiger partial charge in [0.05, 0.1) is 18.2 Å². The van der Waals surface area contributed by atoms with Gasteiger partial charge in [-0.25, -0.2) is 4.79 Å². The Morgan fingerprint density at radius 3 is 2.70 bits per heavy atom. The number of likely N-dealkylation sites (tertiary alicyclic amines) is 1. The first-order valence-electron chi connectivity index (χ1n) is 10.5. The average molecular weight is 400 g/mol. The lowest BCUT2D eigenvalue weighted by molar-refractivity contribution is 0.0977. The van der Waals surface area contributed by atoms with E-state index in [0.29, 0.717) is 18.0 Å². The third kappa shape index (κ3) is 3.53. The van der Waals surface area contributed by atoms with Gasteiger partial charge < -0.3 is 9.72 Å². The molecule has 3 aromatic rings. The second-order valence-corrected chi connectivity index (χ2v) is 8.14. The highest BCUT2D eigenvalue weighted by Crippen LogP contribution is 2.34. The number of aromatic amines is 1. The number of H-pyrrole nitrogens is 1. The Hall–Kier alpha value is -3.30. The van der Waals surface area contributed by atoms with E-state index in [4.69, 9.17) is 4.74 Å². The van der Waals surface area contributed by atoms with Crippen molar-refractivity contribution in [3.63, 3.8) is 0 Å². The molecule has 0 bridgehead atoms. The Bertz CT molecular complexity index is 1090. The van der Waals surface area contributed by atoms with Crippen LogP contribution in [0.2, 0.25) is 0 Å². The number of rotatable bonds is 4. The van der Waals surface area contributed by atoms with Crippen LogP contribution in [0.4, 0.5) is 10.5 Å². The highest BCUT2D eigenvalue weighted by atomic mass is 16.6. The number of anilines is 1. The smallest absolute Gasteiger partial charge is 0.414 e. The van der Waals surface area contributed by atoms with Crippen molar-refractivity contribution >= 4 is 22.7 Å². The van der Waals surface area contributed by atoms with E-state index in [-0.39, 0.29) is 12.2 Å². The summed E-state index contributed by atoms with van der Waals surface area (Å²) in [6.45, 7) is 3.33. The Balaban J connectivity index is 1.20. The van der Waals surface area contributed by atoms with Crippen molar-refractivity contribution < 1.29 is 9.53 Å². The summed E-state index contributed by atoms with van der Waals surface area (Å²) in [6, 6.07) is 17.8. The minimum Gasteiger partial charge on any atom is -0.443 e. The van der Waals surface area contributed by atoms with Gasteiger partial charge in [-0.2, -0.15) is 5.26 Å². The van der Waals surface area contributed by atoms with Gasteiger partial charge >= 0.3 is 6.09 Å². The van der Waals surface area contributed by atoms with Crippen LogP contribution in [0.3, 0.4) is 0 Å². The fourth-order valence-electron chi connectivity index (χ4n) is 4.70. The molecule has 0 aliphatic carbocycles. The van der Waals surface area contributed by atoms with E-state index in [1.54, 1.807) is 4.90 Å². The van der Waals surface area contributed by atoms with Gasteiger partial charge in [0, 0.05) is 29.3 Å². The highest BCUT2D eigenvalue weighted by Gasteiger charge is 2.34. The van der Waals surface area contributed by atoms with Gasteiger partial charge in [0.1, 0.15) is 6.10 Å². The number of piperidine rings is 1.